The lowest BCUT2D eigenvalue weighted by atomic mass is 10.3. The van der Waals surface area contributed by atoms with Gasteiger partial charge in [-0.1, -0.05) is 11.3 Å². The molecule has 120 valence electrons. The van der Waals surface area contributed by atoms with Crippen LogP contribution in [-0.4, -0.2) is 30.5 Å². The smallest absolute Gasteiger partial charge is 0.277 e. The average Bonchev–Trinajstić information content (AvgIpc) is 3.18. The van der Waals surface area contributed by atoms with E-state index in [1.165, 1.54) is 11.3 Å². The van der Waals surface area contributed by atoms with Crippen molar-refractivity contribution in [3.63, 3.8) is 0 Å². The maximum absolute atomic E-state index is 12.3. The van der Waals surface area contributed by atoms with E-state index >= 15 is 0 Å². The maximum atomic E-state index is 12.3. The van der Waals surface area contributed by atoms with Crippen LogP contribution in [-0.2, 0) is 7.05 Å². The Bertz CT molecular complexity index is 845. The molecule has 0 aromatic carbocycles. The maximum Gasteiger partial charge on any atom is 0.277 e. The number of carbonyl (C=O) groups is 1. The Morgan fingerprint density at radius 2 is 2.09 bits per heavy atom. The first-order valence-corrected chi connectivity index (χ1v) is 7.86. The van der Waals surface area contributed by atoms with Gasteiger partial charge in [-0.15, -0.1) is 0 Å². The molecule has 0 unspecified atom stereocenters. The Balaban J connectivity index is 1.83. The molecule has 3 aromatic heterocycles. The first-order valence-electron chi connectivity index (χ1n) is 7.05. The predicted octanol–water partition coefficient (Wildman–Crippen LogP) is 2.16. The molecule has 23 heavy (non-hydrogen) atoms. The predicted molar refractivity (Wildman–Crippen MR) is 89.3 cm³/mol. The highest BCUT2D eigenvalue weighted by Gasteiger charge is 2.18. The highest BCUT2D eigenvalue weighted by Crippen LogP contribution is 2.30. The molecule has 3 rings (SSSR count). The quantitative estimate of drug-likeness (QED) is 0.762. The van der Waals surface area contributed by atoms with E-state index in [9.17, 15) is 4.79 Å². The first kappa shape index (κ1) is 15.2. The van der Waals surface area contributed by atoms with Gasteiger partial charge in [0.05, 0.1) is 18.1 Å². The number of rotatable bonds is 4. The number of nitrogens with zero attached hydrogens (tertiary/aromatic N) is 5. The van der Waals surface area contributed by atoms with E-state index in [4.69, 9.17) is 5.73 Å². The molecule has 0 saturated carbocycles. The highest BCUT2D eigenvalue weighted by atomic mass is 32.1. The van der Waals surface area contributed by atoms with Crippen LogP contribution >= 0.6 is 11.3 Å². The van der Waals surface area contributed by atoms with Crippen LogP contribution in [0.4, 0.5) is 10.7 Å². The van der Waals surface area contributed by atoms with E-state index in [1.807, 2.05) is 24.7 Å². The van der Waals surface area contributed by atoms with Gasteiger partial charge in [-0.05, 0) is 13.8 Å². The van der Waals surface area contributed by atoms with Crippen molar-refractivity contribution in [1.29, 1.82) is 0 Å². The average molecular weight is 331 g/mol. The second kappa shape index (κ2) is 5.84. The van der Waals surface area contributed by atoms with E-state index in [-0.39, 0.29) is 17.6 Å². The van der Waals surface area contributed by atoms with E-state index < -0.39 is 0 Å². The third-order valence-corrected chi connectivity index (χ3v) is 4.14. The summed E-state index contributed by atoms with van der Waals surface area (Å²) < 4.78 is 3.44. The first-order chi connectivity index (χ1) is 10.9. The van der Waals surface area contributed by atoms with Crippen molar-refractivity contribution in [3.05, 3.63) is 30.5 Å². The van der Waals surface area contributed by atoms with Crippen LogP contribution in [0, 0.1) is 0 Å². The van der Waals surface area contributed by atoms with Crippen LogP contribution in [0.3, 0.4) is 0 Å². The van der Waals surface area contributed by atoms with Crippen molar-refractivity contribution in [2.24, 2.45) is 7.05 Å². The van der Waals surface area contributed by atoms with E-state index in [2.05, 4.69) is 20.5 Å². The van der Waals surface area contributed by atoms with Crippen molar-refractivity contribution in [1.82, 2.24) is 24.5 Å². The van der Waals surface area contributed by atoms with Gasteiger partial charge in [0.15, 0.2) is 5.69 Å². The molecule has 0 radical (unpaired) electrons. The summed E-state index contributed by atoms with van der Waals surface area (Å²) >= 11 is 1.27. The van der Waals surface area contributed by atoms with Crippen LogP contribution in [0.5, 0.6) is 0 Å². The van der Waals surface area contributed by atoms with Gasteiger partial charge in [0.25, 0.3) is 5.91 Å². The Kier molecular flexibility index (Phi) is 3.87. The minimum absolute atomic E-state index is 0.214. The number of hydrogen-bond donors (Lipinski definition) is 2. The van der Waals surface area contributed by atoms with E-state index in [0.717, 1.165) is 5.56 Å². The van der Waals surface area contributed by atoms with Crippen LogP contribution in [0.1, 0.15) is 30.4 Å². The summed E-state index contributed by atoms with van der Waals surface area (Å²) in [4.78, 5) is 16.7. The number of carbonyl (C=O) groups excluding carboxylic acids is 1. The number of anilines is 2. The second-order valence-corrected chi connectivity index (χ2v) is 6.42. The highest BCUT2D eigenvalue weighted by molar-refractivity contribution is 7.19. The Hall–Kier alpha value is -2.68. The molecule has 0 fully saturated rings. The lowest BCUT2D eigenvalue weighted by Crippen LogP contribution is -2.13. The molecule has 0 atom stereocenters. The molecular weight excluding hydrogens is 314 g/mol. The van der Waals surface area contributed by atoms with E-state index in [0.29, 0.717) is 15.7 Å². The fourth-order valence-corrected chi connectivity index (χ4v) is 2.83. The molecule has 3 N–H and O–H groups in total. The normalized spacial score (nSPS) is 11.1. The zero-order valence-electron chi connectivity index (χ0n) is 13.0. The standard InChI is InChI=1S/C14H17N7OS/c1-8(2)21-6-9(4-17-21)14-19-11(12(15)23-14)13(22)18-10-5-16-20(3)7-10/h4-8H,15H2,1-3H3,(H,18,22). The fourth-order valence-electron chi connectivity index (χ4n) is 2.03. The Morgan fingerprint density at radius 3 is 2.70 bits per heavy atom. The molecule has 0 aliphatic heterocycles. The topological polar surface area (TPSA) is 104 Å². The van der Waals surface area contributed by atoms with Crippen LogP contribution in [0.2, 0.25) is 0 Å². The van der Waals surface area contributed by atoms with Gasteiger partial charge in [0, 0.05) is 31.0 Å². The van der Waals surface area contributed by atoms with Gasteiger partial charge in [-0.25, -0.2) is 4.98 Å². The van der Waals surface area contributed by atoms with Crippen molar-refractivity contribution in [2.75, 3.05) is 11.1 Å². The van der Waals surface area contributed by atoms with Gasteiger partial charge in [0.1, 0.15) is 10.0 Å². The molecule has 0 spiro atoms. The number of hydrogen-bond acceptors (Lipinski definition) is 6. The lowest BCUT2D eigenvalue weighted by molar-refractivity contribution is 0.102. The third-order valence-electron chi connectivity index (χ3n) is 3.21. The molecule has 0 aliphatic rings. The zero-order valence-corrected chi connectivity index (χ0v) is 13.8. The monoisotopic (exact) mass is 331 g/mol. The van der Waals surface area contributed by atoms with Gasteiger partial charge in [-0.2, -0.15) is 10.2 Å². The summed E-state index contributed by atoms with van der Waals surface area (Å²) in [5.74, 6) is -0.353. The van der Waals surface area contributed by atoms with E-state index in [1.54, 1.807) is 30.3 Å². The van der Waals surface area contributed by atoms with Gasteiger partial charge in [0.2, 0.25) is 0 Å². The summed E-state index contributed by atoms with van der Waals surface area (Å²) in [6.07, 6.45) is 6.88. The Labute approximate surface area is 136 Å². The zero-order chi connectivity index (χ0) is 16.6. The summed E-state index contributed by atoms with van der Waals surface area (Å²) in [5.41, 5.74) is 7.61. The van der Waals surface area contributed by atoms with Gasteiger partial charge >= 0.3 is 0 Å². The largest absolute Gasteiger partial charge is 0.389 e. The summed E-state index contributed by atoms with van der Waals surface area (Å²) in [7, 11) is 1.78. The molecule has 3 aromatic rings. The van der Waals surface area contributed by atoms with Gasteiger partial charge in [-0.3, -0.25) is 14.2 Å². The minimum Gasteiger partial charge on any atom is -0.389 e. The number of amides is 1. The number of nitrogens with one attached hydrogen (secondary N) is 1. The van der Waals surface area contributed by atoms with Crippen LogP contribution in [0.25, 0.3) is 10.6 Å². The molecule has 0 bridgehead atoms. The summed E-state index contributed by atoms with van der Waals surface area (Å²) in [6, 6.07) is 0.259. The number of nitrogen functional groups attached to an aromatic ring is 1. The van der Waals surface area contributed by atoms with Crippen LogP contribution in [0.15, 0.2) is 24.8 Å². The summed E-state index contributed by atoms with van der Waals surface area (Å²) in [6.45, 7) is 4.08. The minimum atomic E-state index is -0.353. The molecule has 0 saturated heterocycles. The molecular formula is C14H17N7OS. The Morgan fingerprint density at radius 1 is 1.30 bits per heavy atom. The molecule has 8 nitrogen and oxygen atoms in total. The molecule has 0 aliphatic carbocycles. The molecule has 1 amide bonds. The number of aromatic nitrogens is 5. The summed E-state index contributed by atoms with van der Waals surface area (Å²) in [5, 5.41) is 12.1. The second-order valence-electron chi connectivity index (χ2n) is 5.39. The van der Waals surface area contributed by atoms with Gasteiger partial charge < -0.3 is 11.1 Å². The molecule has 9 heteroatoms. The SMILES string of the molecule is CC(C)n1cc(-c2nc(C(=O)Nc3cnn(C)c3)c(N)s2)cn1. The van der Waals surface area contributed by atoms with Crippen molar-refractivity contribution in [2.45, 2.75) is 19.9 Å². The third kappa shape index (κ3) is 3.09. The van der Waals surface area contributed by atoms with Crippen molar-refractivity contribution >= 4 is 27.9 Å². The van der Waals surface area contributed by atoms with Crippen molar-refractivity contribution in [3.8, 4) is 10.6 Å². The van der Waals surface area contributed by atoms with Crippen molar-refractivity contribution < 1.29 is 4.79 Å². The number of thiazole rings is 1. The number of nitrogens with two attached hydrogens (primary N) is 1. The number of aryl methyl sites for hydroxylation is 1. The molecule has 3 heterocycles. The fraction of sp³-hybridized carbons (Fsp3) is 0.286. The van der Waals surface area contributed by atoms with Crippen LogP contribution < -0.4 is 11.1 Å². The lowest BCUT2D eigenvalue weighted by Gasteiger charge is -2.02.